The lowest BCUT2D eigenvalue weighted by atomic mass is 9.68. The molecule has 2 aromatic rings. The van der Waals surface area contributed by atoms with E-state index in [0.29, 0.717) is 18.1 Å². The number of ether oxygens (including phenoxy) is 1. The van der Waals surface area contributed by atoms with Crippen LogP contribution in [0.2, 0.25) is 0 Å². The average Bonchev–Trinajstić information content (AvgIpc) is 2.89. The van der Waals surface area contributed by atoms with E-state index in [9.17, 15) is 17.6 Å². The summed E-state index contributed by atoms with van der Waals surface area (Å²) in [7, 11) is 0. The minimum Gasteiger partial charge on any atom is -0.429 e. The predicted octanol–water partition coefficient (Wildman–Crippen LogP) is 9.31. The highest BCUT2D eigenvalue weighted by Crippen LogP contribution is 2.43. The Morgan fingerprint density at radius 3 is 1.84 bits per heavy atom. The van der Waals surface area contributed by atoms with Crippen LogP contribution in [0.1, 0.15) is 94.2 Å². The predicted molar refractivity (Wildman–Crippen MR) is 136 cm³/mol. The Bertz CT molecular complexity index is 1040. The second kappa shape index (κ2) is 12.3. The maximum atomic E-state index is 14.5. The fourth-order valence-electron chi connectivity index (χ4n) is 6.45. The van der Waals surface area contributed by atoms with Crippen LogP contribution < -0.4 is 4.74 Å². The van der Waals surface area contributed by atoms with Gasteiger partial charge in [-0.25, -0.2) is 8.78 Å². The summed E-state index contributed by atoms with van der Waals surface area (Å²) in [6.07, 6.45) is 11.7. The van der Waals surface area contributed by atoms with E-state index >= 15 is 0 Å². The van der Waals surface area contributed by atoms with E-state index in [1.807, 2.05) is 0 Å². The van der Waals surface area contributed by atoms with Gasteiger partial charge < -0.3 is 4.74 Å². The van der Waals surface area contributed by atoms with Gasteiger partial charge in [-0.2, -0.15) is 14.0 Å². The first-order chi connectivity index (χ1) is 17.8. The van der Waals surface area contributed by atoms with Gasteiger partial charge in [0.1, 0.15) is 29.0 Å². The van der Waals surface area contributed by atoms with E-state index in [-0.39, 0.29) is 5.75 Å². The van der Waals surface area contributed by atoms with Crippen LogP contribution in [-0.4, -0.2) is 0 Å². The summed E-state index contributed by atoms with van der Waals surface area (Å²) >= 11 is 0. The molecule has 4 rings (SSSR count). The van der Waals surface area contributed by atoms with Gasteiger partial charge in [0, 0.05) is 0 Å². The Morgan fingerprint density at radius 1 is 0.838 bits per heavy atom. The number of hydrogen-bond donors (Lipinski definition) is 0. The third-order valence-electron chi connectivity index (χ3n) is 8.65. The van der Waals surface area contributed by atoms with Crippen LogP contribution >= 0.6 is 0 Å². The first-order valence-corrected chi connectivity index (χ1v) is 13.8. The largest absolute Gasteiger partial charge is 0.429 e. The first kappa shape index (κ1) is 27.5. The van der Waals surface area contributed by atoms with Crippen LogP contribution in [0, 0.1) is 46.6 Å². The molecule has 2 fully saturated rings. The van der Waals surface area contributed by atoms with Crippen molar-refractivity contribution in [2.75, 3.05) is 0 Å². The fraction of sp³-hybridized carbons (Fsp3) is 0.581. The van der Waals surface area contributed by atoms with Crippen molar-refractivity contribution < 1.29 is 22.3 Å². The summed E-state index contributed by atoms with van der Waals surface area (Å²) in [4.78, 5) is 0. The van der Waals surface area contributed by atoms with Gasteiger partial charge in [-0.05, 0) is 92.0 Å². The van der Waals surface area contributed by atoms with E-state index in [2.05, 4.69) is 6.92 Å². The quantitative estimate of drug-likeness (QED) is 0.312. The van der Waals surface area contributed by atoms with Crippen molar-refractivity contribution >= 4 is 0 Å². The molecule has 0 unspecified atom stereocenters. The number of nitriles is 1. The van der Waals surface area contributed by atoms with Crippen molar-refractivity contribution in [1.29, 1.82) is 5.26 Å². The fourth-order valence-corrected chi connectivity index (χ4v) is 6.45. The number of nitrogens with zero attached hydrogens (tertiary/aromatic N) is 1. The minimum absolute atomic E-state index is 0.0897. The van der Waals surface area contributed by atoms with Crippen molar-refractivity contribution in [1.82, 2.24) is 0 Å². The van der Waals surface area contributed by atoms with Crippen LogP contribution in [0.15, 0.2) is 36.4 Å². The molecule has 0 saturated heterocycles. The molecule has 2 saturated carbocycles. The molecule has 200 valence electrons. The standard InChI is InChI=1S/C31H37F4NO/c1-2-3-21-6-12-24(13-7-21)25-14-8-22(9-15-25)4-5-23-10-16-27(17-11-23)37-31(34,35)26-18-29(32)28(20-36)30(33)19-26/h10-11,16-19,21-22,24-25H,2-9,12-15H2,1H3. The van der Waals surface area contributed by atoms with Gasteiger partial charge in [-0.3, -0.25) is 0 Å². The lowest BCUT2D eigenvalue weighted by molar-refractivity contribution is -0.185. The molecule has 0 heterocycles. The lowest BCUT2D eigenvalue weighted by Gasteiger charge is -2.38. The summed E-state index contributed by atoms with van der Waals surface area (Å²) in [5, 5.41) is 8.72. The minimum atomic E-state index is -3.94. The second-order valence-corrected chi connectivity index (χ2v) is 11.1. The molecule has 0 N–H and O–H groups in total. The molecule has 0 amide bonds. The normalized spacial score (nSPS) is 24.4. The third-order valence-corrected chi connectivity index (χ3v) is 8.65. The maximum absolute atomic E-state index is 14.5. The van der Waals surface area contributed by atoms with Crippen molar-refractivity contribution in [3.05, 3.63) is 64.7 Å². The van der Waals surface area contributed by atoms with Crippen LogP contribution in [-0.2, 0) is 12.5 Å². The molecule has 2 nitrogen and oxygen atoms in total. The van der Waals surface area contributed by atoms with E-state index < -0.39 is 28.9 Å². The zero-order chi connectivity index (χ0) is 26.4. The van der Waals surface area contributed by atoms with Crippen molar-refractivity contribution in [2.24, 2.45) is 23.7 Å². The summed E-state index contributed by atoms with van der Waals surface area (Å²) in [5.74, 6) is 0.728. The summed E-state index contributed by atoms with van der Waals surface area (Å²) < 4.78 is 61.3. The topological polar surface area (TPSA) is 33.0 Å². The van der Waals surface area contributed by atoms with Gasteiger partial charge in [0.15, 0.2) is 0 Å². The first-order valence-electron chi connectivity index (χ1n) is 13.8. The molecule has 37 heavy (non-hydrogen) atoms. The van der Waals surface area contributed by atoms with Crippen molar-refractivity contribution in [3.8, 4) is 11.8 Å². The average molecular weight is 516 g/mol. The smallest absolute Gasteiger partial charge is 0.426 e. The number of halogens is 4. The summed E-state index contributed by atoms with van der Waals surface area (Å²) in [6, 6.07) is 8.65. The Kier molecular flexibility index (Phi) is 9.16. The molecule has 2 aromatic carbocycles. The van der Waals surface area contributed by atoms with E-state index in [1.165, 1.54) is 82.4 Å². The SMILES string of the molecule is CCCC1CCC(C2CCC(CCc3ccc(OC(F)(F)c4cc(F)c(C#N)c(F)c4)cc3)CC2)CC1. The molecular formula is C31H37F4NO. The molecule has 0 aliphatic heterocycles. The Morgan fingerprint density at radius 2 is 1.35 bits per heavy atom. The molecule has 2 aliphatic carbocycles. The zero-order valence-corrected chi connectivity index (χ0v) is 21.6. The monoisotopic (exact) mass is 515 g/mol. The molecule has 0 radical (unpaired) electrons. The number of aryl methyl sites for hydroxylation is 1. The molecule has 0 spiro atoms. The zero-order valence-electron chi connectivity index (χ0n) is 21.6. The molecule has 6 heteroatoms. The van der Waals surface area contributed by atoms with Gasteiger partial charge in [0.2, 0.25) is 0 Å². The number of rotatable bonds is 9. The Balaban J connectivity index is 1.23. The van der Waals surface area contributed by atoms with Gasteiger partial charge >= 0.3 is 6.11 Å². The van der Waals surface area contributed by atoms with Crippen LogP contribution in [0.3, 0.4) is 0 Å². The van der Waals surface area contributed by atoms with Gasteiger partial charge in [0.25, 0.3) is 0 Å². The molecular weight excluding hydrogens is 478 g/mol. The van der Waals surface area contributed by atoms with Crippen LogP contribution in [0.5, 0.6) is 5.75 Å². The summed E-state index contributed by atoms with van der Waals surface area (Å²) in [5.41, 5.74) is -0.815. The maximum Gasteiger partial charge on any atom is 0.426 e. The van der Waals surface area contributed by atoms with Crippen LogP contribution in [0.4, 0.5) is 17.6 Å². The van der Waals surface area contributed by atoms with Crippen molar-refractivity contribution in [3.63, 3.8) is 0 Å². The molecule has 2 aliphatic rings. The van der Waals surface area contributed by atoms with Gasteiger partial charge in [0.05, 0.1) is 5.56 Å². The van der Waals surface area contributed by atoms with E-state index in [4.69, 9.17) is 10.00 Å². The second-order valence-electron chi connectivity index (χ2n) is 11.1. The lowest BCUT2D eigenvalue weighted by Crippen LogP contribution is -2.26. The van der Waals surface area contributed by atoms with Gasteiger partial charge in [-0.1, -0.05) is 57.6 Å². The Hall–Kier alpha value is -2.55. The molecule has 0 bridgehead atoms. The van der Waals surface area contributed by atoms with Crippen LogP contribution in [0.25, 0.3) is 0 Å². The van der Waals surface area contributed by atoms with E-state index in [0.717, 1.165) is 36.2 Å². The molecule has 0 aromatic heterocycles. The van der Waals surface area contributed by atoms with Gasteiger partial charge in [-0.15, -0.1) is 0 Å². The summed E-state index contributed by atoms with van der Waals surface area (Å²) in [6.45, 7) is 2.29. The Labute approximate surface area is 218 Å². The highest BCUT2D eigenvalue weighted by molar-refractivity contribution is 5.37. The van der Waals surface area contributed by atoms with E-state index in [1.54, 1.807) is 12.1 Å². The number of hydrogen-bond acceptors (Lipinski definition) is 2. The molecule has 0 atom stereocenters. The highest BCUT2D eigenvalue weighted by atomic mass is 19.3. The number of alkyl halides is 2. The third kappa shape index (κ3) is 7.06. The van der Waals surface area contributed by atoms with Crippen molar-refractivity contribution in [2.45, 2.75) is 90.1 Å². The number of benzene rings is 2. The highest BCUT2D eigenvalue weighted by Gasteiger charge is 2.36.